The van der Waals surface area contributed by atoms with E-state index >= 15 is 0 Å². The smallest absolute Gasteiger partial charge is 0.243 e. The standard InChI is InChI=1S/C12H18Br2N2O2S/c1-15(2)7-4-8-16(3)19(17,18)12-9-10(13)5-6-11(12)14/h5-6,9H,4,7-8H2,1-3H3. The first-order valence-corrected chi connectivity index (χ1v) is 8.84. The Morgan fingerprint density at radius 2 is 1.74 bits per heavy atom. The quantitative estimate of drug-likeness (QED) is 0.719. The van der Waals surface area contributed by atoms with Gasteiger partial charge in [0.05, 0.1) is 4.90 Å². The number of sulfonamides is 1. The van der Waals surface area contributed by atoms with Crippen LogP contribution < -0.4 is 0 Å². The molecule has 0 aliphatic rings. The van der Waals surface area contributed by atoms with Gasteiger partial charge >= 0.3 is 0 Å². The average Bonchev–Trinajstić information content (AvgIpc) is 2.31. The topological polar surface area (TPSA) is 40.6 Å². The predicted molar refractivity (Wildman–Crippen MR) is 84.8 cm³/mol. The van der Waals surface area contributed by atoms with Crippen molar-refractivity contribution >= 4 is 41.9 Å². The zero-order chi connectivity index (χ0) is 14.6. The van der Waals surface area contributed by atoms with Crippen LogP contribution in [0.3, 0.4) is 0 Å². The molecule has 0 N–H and O–H groups in total. The van der Waals surface area contributed by atoms with Crippen molar-refractivity contribution in [3.8, 4) is 0 Å². The molecular formula is C12H18Br2N2O2S. The fraction of sp³-hybridized carbons (Fsp3) is 0.500. The first-order valence-electron chi connectivity index (χ1n) is 5.81. The van der Waals surface area contributed by atoms with E-state index in [2.05, 4.69) is 31.9 Å². The van der Waals surface area contributed by atoms with Crippen LogP contribution in [0.25, 0.3) is 0 Å². The van der Waals surface area contributed by atoms with E-state index < -0.39 is 10.0 Å². The van der Waals surface area contributed by atoms with Crippen molar-refractivity contribution in [3.63, 3.8) is 0 Å². The van der Waals surface area contributed by atoms with Crippen molar-refractivity contribution in [3.05, 3.63) is 27.1 Å². The zero-order valence-electron chi connectivity index (χ0n) is 11.2. The second kappa shape index (κ2) is 7.17. The van der Waals surface area contributed by atoms with Crippen LogP contribution in [0.2, 0.25) is 0 Å². The van der Waals surface area contributed by atoms with E-state index in [9.17, 15) is 8.42 Å². The third kappa shape index (κ3) is 4.82. The van der Waals surface area contributed by atoms with Crippen LogP contribution in [0.4, 0.5) is 0 Å². The molecule has 0 saturated heterocycles. The molecule has 1 aromatic carbocycles. The highest BCUT2D eigenvalue weighted by atomic mass is 79.9. The Balaban J connectivity index is 2.88. The third-order valence-corrected chi connectivity index (χ3v) is 6.00. The van der Waals surface area contributed by atoms with Gasteiger partial charge < -0.3 is 4.90 Å². The molecule has 0 amide bonds. The molecule has 0 aliphatic heterocycles. The molecule has 0 bridgehead atoms. The van der Waals surface area contributed by atoms with Crippen LogP contribution in [0.15, 0.2) is 32.0 Å². The van der Waals surface area contributed by atoms with Crippen molar-refractivity contribution in [1.82, 2.24) is 9.21 Å². The molecule has 0 heterocycles. The minimum absolute atomic E-state index is 0.286. The Bertz CT molecular complexity index is 533. The molecule has 0 aromatic heterocycles. The number of rotatable bonds is 6. The van der Waals surface area contributed by atoms with Gasteiger partial charge in [-0.2, -0.15) is 0 Å². The van der Waals surface area contributed by atoms with Gasteiger partial charge in [0.25, 0.3) is 0 Å². The van der Waals surface area contributed by atoms with Gasteiger partial charge in [0.1, 0.15) is 0 Å². The second-order valence-electron chi connectivity index (χ2n) is 4.56. The summed E-state index contributed by atoms with van der Waals surface area (Å²) in [5.74, 6) is 0. The SMILES string of the molecule is CN(C)CCCN(C)S(=O)(=O)c1cc(Br)ccc1Br. The third-order valence-electron chi connectivity index (χ3n) is 2.66. The lowest BCUT2D eigenvalue weighted by molar-refractivity contribution is 0.370. The van der Waals surface area contributed by atoms with Gasteiger partial charge in [-0.05, 0) is 61.2 Å². The largest absolute Gasteiger partial charge is 0.309 e. The van der Waals surface area contributed by atoms with E-state index in [1.807, 2.05) is 19.0 Å². The summed E-state index contributed by atoms with van der Waals surface area (Å²) in [5.41, 5.74) is 0. The summed E-state index contributed by atoms with van der Waals surface area (Å²) in [5, 5.41) is 0. The fourth-order valence-corrected chi connectivity index (χ4v) is 4.24. The Labute approximate surface area is 132 Å². The van der Waals surface area contributed by atoms with E-state index in [4.69, 9.17) is 0 Å². The molecule has 19 heavy (non-hydrogen) atoms. The van der Waals surface area contributed by atoms with E-state index in [0.29, 0.717) is 11.0 Å². The molecule has 0 spiro atoms. The summed E-state index contributed by atoms with van der Waals surface area (Å²) in [7, 11) is 2.10. The molecule has 0 radical (unpaired) electrons. The molecule has 108 valence electrons. The summed E-state index contributed by atoms with van der Waals surface area (Å²) < 4.78 is 27.6. The van der Waals surface area contributed by atoms with E-state index in [-0.39, 0.29) is 4.90 Å². The van der Waals surface area contributed by atoms with E-state index in [1.165, 1.54) is 4.31 Å². The Morgan fingerprint density at radius 3 is 2.32 bits per heavy atom. The minimum atomic E-state index is -3.45. The van der Waals surface area contributed by atoms with E-state index in [1.54, 1.807) is 25.2 Å². The molecule has 0 unspecified atom stereocenters. The maximum absolute atomic E-state index is 12.4. The number of nitrogens with zero attached hydrogens (tertiary/aromatic N) is 2. The number of halogens is 2. The highest BCUT2D eigenvalue weighted by Crippen LogP contribution is 2.27. The lowest BCUT2D eigenvalue weighted by atomic mass is 10.4. The summed E-state index contributed by atoms with van der Waals surface area (Å²) in [4.78, 5) is 2.32. The van der Waals surface area contributed by atoms with Crippen molar-refractivity contribution in [2.24, 2.45) is 0 Å². The first-order chi connectivity index (χ1) is 8.75. The van der Waals surface area contributed by atoms with E-state index in [0.717, 1.165) is 17.4 Å². The summed E-state index contributed by atoms with van der Waals surface area (Å²) in [6.45, 7) is 1.36. The van der Waals surface area contributed by atoms with Gasteiger partial charge in [-0.1, -0.05) is 15.9 Å². The highest BCUT2D eigenvalue weighted by Gasteiger charge is 2.23. The minimum Gasteiger partial charge on any atom is -0.309 e. The van der Waals surface area contributed by atoms with Crippen LogP contribution in [0.1, 0.15) is 6.42 Å². The van der Waals surface area contributed by atoms with Crippen molar-refractivity contribution < 1.29 is 8.42 Å². The van der Waals surface area contributed by atoms with Crippen LogP contribution in [-0.2, 0) is 10.0 Å². The van der Waals surface area contributed by atoms with Gasteiger partial charge in [0.15, 0.2) is 0 Å². The van der Waals surface area contributed by atoms with Crippen LogP contribution in [0, 0.1) is 0 Å². The molecule has 1 rings (SSSR count). The number of hydrogen-bond donors (Lipinski definition) is 0. The van der Waals surface area contributed by atoms with Crippen LogP contribution >= 0.6 is 31.9 Å². The fourth-order valence-electron chi connectivity index (χ4n) is 1.57. The first kappa shape index (κ1) is 17.1. The van der Waals surface area contributed by atoms with Gasteiger partial charge in [-0.3, -0.25) is 0 Å². The van der Waals surface area contributed by atoms with Crippen LogP contribution in [-0.4, -0.2) is 51.9 Å². The summed E-state index contributed by atoms with van der Waals surface area (Å²) in [6.07, 6.45) is 0.800. The van der Waals surface area contributed by atoms with Gasteiger partial charge in [-0.25, -0.2) is 12.7 Å². The molecule has 0 fully saturated rings. The lowest BCUT2D eigenvalue weighted by Crippen LogP contribution is -2.30. The molecule has 4 nitrogen and oxygen atoms in total. The average molecular weight is 414 g/mol. The maximum Gasteiger partial charge on any atom is 0.243 e. The Kier molecular flexibility index (Phi) is 6.46. The van der Waals surface area contributed by atoms with Gasteiger partial charge in [0.2, 0.25) is 10.0 Å². The second-order valence-corrected chi connectivity index (χ2v) is 8.34. The molecule has 0 aliphatic carbocycles. The summed E-state index contributed by atoms with van der Waals surface area (Å²) >= 11 is 6.59. The van der Waals surface area contributed by atoms with Gasteiger partial charge in [0, 0.05) is 22.5 Å². The molecule has 1 aromatic rings. The number of hydrogen-bond acceptors (Lipinski definition) is 3. The summed E-state index contributed by atoms with van der Waals surface area (Å²) in [6, 6.07) is 5.14. The molecule has 7 heteroatoms. The predicted octanol–water partition coefficient (Wildman–Crippen LogP) is 2.78. The number of benzene rings is 1. The highest BCUT2D eigenvalue weighted by molar-refractivity contribution is 9.11. The Hall–Kier alpha value is 0.0500. The van der Waals surface area contributed by atoms with Crippen molar-refractivity contribution in [1.29, 1.82) is 0 Å². The van der Waals surface area contributed by atoms with Gasteiger partial charge in [-0.15, -0.1) is 0 Å². The molecular weight excluding hydrogens is 396 g/mol. The molecule has 0 atom stereocenters. The zero-order valence-corrected chi connectivity index (χ0v) is 15.2. The maximum atomic E-state index is 12.4. The van der Waals surface area contributed by atoms with Crippen molar-refractivity contribution in [2.75, 3.05) is 34.2 Å². The van der Waals surface area contributed by atoms with Crippen LogP contribution in [0.5, 0.6) is 0 Å². The normalized spacial score (nSPS) is 12.4. The van der Waals surface area contributed by atoms with Crippen molar-refractivity contribution in [2.45, 2.75) is 11.3 Å². The molecule has 0 saturated carbocycles. The Morgan fingerprint density at radius 1 is 1.11 bits per heavy atom. The monoisotopic (exact) mass is 412 g/mol. The lowest BCUT2D eigenvalue weighted by Gasteiger charge is -2.19.